The Morgan fingerprint density at radius 2 is 1.25 bits per heavy atom. The van der Waals surface area contributed by atoms with Gasteiger partial charge < -0.3 is 4.74 Å². The lowest BCUT2D eigenvalue weighted by atomic mass is 10.0. The molecule has 1 atom stereocenters. The van der Waals surface area contributed by atoms with Crippen LogP contribution in [0.4, 0.5) is 0 Å². The van der Waals surface area contributed by atoms with E-state index >= 15 is 0 Å². The third-order valence-corrected chi connectivity index (χ3v) is 4.65. The maximum atomic E-state index is 12.4. The molecule has 0 aliphatic heterocycles. The maximum absolute atomic E-state index is 12.4. The van der Waals surface area contributed by atoms with Crippen molar-refractivity contribution in [2.45, 2.75) is 105 Å². The number of carbonyl (C=O) groups is 1. The second-order valence-electron chi connectivity index (χ2n) is 7.31. The van der Waals surface area contributed by atoms with Crippen LogP contribution in [-0.2, 0) is 9.53 Å². The van der Waals surface area contributed by atoms with Gasteiger partial charge in [0, 0.05) is 0 Å². The van der Waals surface area contributed by atoms with Crippen LogP contribution in [0.25, 0.3) is 0 Å². The molecular weight excluding hydrogens is 298 g/mol. The summed E-state index contributed by atoms with van der Waals surface area (Å²) in [6.45, 7) is 13.2. The molecule has 0 saturated carbocycles. The number of ether oxygens (including phenoxy) is 1. The number of hydrogen-bond donors (Lipinski definition) is 0. The Morgan fingerprint density at radius 3 is 1.62 bits per heavy atom. The first-order chi connectivity index (χ1) is 11.6. The molecule has 1 unspecified atom stereocenters. The van der Waals surface area contributed by atoms with Crippen molar-refractivity contribution in [1.29, 1.82) is 0 Å². The molecule has 0 amide bonds. The predicted octanol–water partition coefficient (Wildman–Crippen LogP) is 5.82. The van der Waals surface area contributed by atoms with Crippen molar-refractivity contribution in [3.63, 3.8) is 0 Å². The molecule has 3 heteroatoms. The van der Waals surface area contributed by atoms with Gasteiger partial charge in [0.15, 0.2) is 0 Å². The number of carbonyl (C=O) groups excluding carboxylic acids is 1. The molecular formula is C21H43NO2. The van der Waals surface area contributed by atoms with Gasteiger partial charge in [-0.3, -0.25) is 9.69 Å². The van der Waals surface area contributed by atoms with Crippen LogP contribution in [0.3, 0.4) is 0 Å². The minimum absolute atomic E-state index is 0.0328. The minimum Gasteiger partial charge on any atom is -0.465 e. The first-order valence-corrected chi connectivity index (χ1v) is 10.5. The van der Waals surface area contributed by atoms with Crippen LogP contribution in [0.1, 0.15) is 98.8 Å². The van der Waals surface area contributed by atoms with E-state index in [1.54, 1.807) is 0 Å². The largest absolute Gasteiger partial charge is 0.465 e. The summed E-state index contributed by atoms with van der Waals surface area (Å²) in [6.07, 6.45) is 12.7. The fourth-order valence-corrected chi connectivity index (χ4v) is 3.30. The van der Waals surface area contributed by atoms with E-state index in [4.69, 9.17) is 4.74 Å². The SMILES string of the molecule is CCCCCCCN(CCCCCCC)C(C(=O)OCC)C(C)C. The third kappa shape index (κ3) is 11.1. The summed E-state index contributed by atoms with van der Waals surface area (Å²) < 4.78 is 5.36. The van der Waals surface area contributed by atoms with Gasteiger partial charge in [0.05, 0.1) is 6.61 Å². The van der Waals surface area contributed by atoms with Gasteiger partial charge >= 0.3 is 5.97 Å². The molecule has 0 aromatic rings. The molecule has 24 heavy (non-hydrogen) atoms. The molecule has 144 valence electrons. The number of esters is 1. The van der Waals surface area contributed by atoms with E-state index in [0.29, 0.717) is 12.5 Å². The zero-order chi connectivity index (χ0) is 18.2. The molecule has 0 aromatic carbocycles. The van der Waals surface area contributed by atoms with E-state index < -0.39 is 0 Å². The lowest BCUT2D eigenvalue weighted by Gasteiger charge is -2.32. The molecule has 0 bridgehead atoms. The van der Waals surface area contributed by atoms with E-state index in [0.717, 1.165) is 13.1 Å². The third-order valence-electron chi connectivity index (χ3n) is 4.65. The van der Waals surface area contributed by atoms with Crippen molar-refractivity contribution in [3.05, 3.63) is 0 Å². The van der Waals surface area contributed by atoms with Crippen molar-refractivity contribution >= 4 is 5.97 Å². The topological polar surface area (TPSA) is 29.5 Å². The van der Waals surface area contributed by atoms with Crippen LogP contribution in [0, 0.1) is 5.92 Å². The van der Waals surface area contributed by atoms with Crippen molar-refractivity contribution in [1.82, 2.24) is 4.90 Å². The molecule has 0 rings (SSSR count). The van der Waals surface area contributed by atoms with Crippen LogP contribution >= 0.6 is 0 Å². The average molecular weight is 342 g/mol. The van der Waals surface area contributed by atoms with Crippen LogP contribution in [0.5, 0.6) is 0 Å². The zero-order valence-corrected chi connectivity index (χ0v) is 17.1. The molecule has 0 spiro atoms. The number of nitrogens with zero attached hydrogens (tertiary/aromatic N) is 1. The van der Waals surface area contributed by atoms with Crippen LogP contribution < -0.4 is 0 Å². The highest BCUT2D eigenvalue weighted by Gasteiger charge is 2.29. The summed E-state index contributed by atoms with van der Waals surface area (Å²) in [5, 5.41) is 0. The van der Waals surface area contributed by atoms with Gasteiger partial charge in [-0.05, 0) is 38.8 Å². The van der Waals surface area contributed by atoms with Gasteiger partial charge in [0.25, 0.3) is 0 Å². The van der Waals surface area contributed by atoms with Crippen molar-refractivity contribution in [2.75, 3.05) is 19.7 Å². The standard InChI is InChI=1S/C21H43NO2/c1-6-9-11-13-15-17-22(18-16-14-12-10-7-2)20(19(4)5)21(23)24-8-3/h19-20H,6-18H2,1-5H3. The highest BCUT2D eigenvalue weighted by Crippen LogP contribution is 2.17. The Labute approximate surface area is 151 Å². The Hall–Kier alpha value is -0.570. The minimum atomic E-state index is -0.0812. The van der Waals surface area contributed by atoms with E-state index in [1.165, 1.54) is 64.2 Å². The highest BCUT2D eigenvalue weighted by atomic mass is 16.5. The fraction of sp³-hybridized carbons (Fsp3) is 0.952. The maximum Gasteiger partial charge on any atom is 0.323 e. The Balaban J connectivity index is 4.56. The second-order valence-corrected chi connectivity index (χ2v) is 7.31. The number of rotatable bonds is 16. The molecule has 0 heterocycles. The van der Waals surface area contributed by atoms with Crippen molar-refractivity contribution in [3.8, 4) is 0 Å². The summed E-state index contributed by atoms with van der Waals surface area (Å²) >= 11 is 0. The van der Waals surface area contributed by atoms with Gasteiger partial charge in [-0.2, -0.15) is 0 Å². The summed E-state index contributed by atoms with van der Waals surface area (Å²) in [5.74, 6) is 0.268. The average Bonchev–Trinajstić information content (AvgIpc) is 2.54. The van der Waals surface area contributed by atoms with E-state index in [9.17, 15) is 4.79 Å². The van der Waals surface area contributed by atoms with Crippen molar-refractivity contribution in [2.24, 2.45) is 5.92 Å². The van der Waals surface area contributed by atoms with Gasteiger partial charge in [0.1, 0.15) is 6.04 Å². The molecule has 0 N–H and O–H groups in total. The van der Waals surface area contributed by atoms with Gasteiger partial charge in [-0.15, -0.1) is 0 Å². The fourth-order valence-electron chi connectivity index (χ4n) is 3.30. The zero-order valence-electron chi connectivity index (χ0n) is 17.1. The molecule has 0 aliphatic rings. The summed E-state index contributed by atoms with van der Waals surface area (Å²) in [5.41, 5.74) is 0. The first-order valence-electron chi connectivity index (χ1n) is 10.5. The second kappa shape index (κ2) is 15.9. The van der Waals surface area contributed by atoms with Crippen LogP contribution in [-0.4, -0.2) is 36.6 Å². The van der Waals surface area contributed by atoms with Crippen LogP contribution in [0.2, 0.25) is 0 Å². The van der Waals surface area contributed by atoms with Gasteiger partial charge in [-0.25, -0.2) is 0 Å². The quantitative estimate of drug-likeness (QED) is 0.262. The van der Waals surface area contributed by atoms with E-state index in [2.05, 4.69) is 32.6 Å². The first kappa shape index (κ1) is 23.4. The number of hydrogen-bond acceptors (Lipinski definition) is 3. The van der Waals surface area contributed by atoms with Crippen LogP contribution in [0.15, 0.2) is 0 Å². The predicted molar refractivity (Wildman–Crippen MR) is 104 cm³/mol. The summed E-state index contributed by atoms with van der Waals surface area (Å²) in [6, 6.07) is -0.0812. The smallest absolute Gasteiger partial charge is 0.323 e. The van der Waals surface area contributed by atoms with E-state index in [-0.39, 0.29) is 12.0 Å². The lowest BCUT2D eigenvalue weighted by Crippen LogP contribution is -2.46. The Bertz CT molecular complexity index is 278. The molecule has 0 aliphatic carbocycles. The summed E-state index contributed by atoms with van der Waals surface area (Å²) in [4.78, 5) is 14.8. The molecule has 0 fully saturated rings. The molecule has 0 radical (unpaired) electrons. The Kier molecular flexibility index (Phi) is 15.6. The normalized spacial score (nSPS) is 12.8. The van der Waals surface area contributed by atoms with Gasteiger partial charge in [0.2, 0.25) is 0 Å². The molecule has 0 saturated heterocycles. The van der Waals surface area contributed by atoms with Gasteiger partial charge in [-0.1, -0.05) is 79.1 Å². The number of unbranched alkanes of at least 4 members (excludes halogenated alkanes) is 8. The molecule has 0 aromatic heterocycles. The Morgan fingerprint density at radius 1 is 0.792 bits per heavy atom. The summed E-state index contributed by atoms with van der Waals surface area (Å²) in [7, 11) is 0. The van der Waals surface area contributed by atoms with Crippen molar-refractivity contribution < 1.29 is 9.53 Å². The highest BCUT2D eigenvalue weighted by molar-refractivity contribution is 5.76. The van der Waals surface area contributed by atoms with E-state index in [1.807, 2.05) is 6.92 Å². The monoisotopic (exact) mass is 341 g/mol. The lowest BCUT2D eigenvalue weighted by molar-refractivity contribution is -0.151. The molecule has 3 nitrogen and oxygen atoms in total.